The van der Waals surface area contributed by atoms with Gasteiger partial charge in [0, 0.05) is 31.6 Å². The molecule has 0 fully saturated rings. The number of aryl methyl sites for hydroxylation is 1. The zero-order valence-corrected chi connectivity index (χ0v) is 11.3. The van der Waals surface area contributed by atoms with E-state index in [1.54, 1.807) is 18.5 Å². The largest absolute Gasteiger partial charge is 0.335 e. The zero-order valence-electron chi connectivity index (χ0n) is 11.3. The number of pyridine rings is 1. The van der Waals surface area contributed by atoms with Crippen LogP contribution in [0, 0.1) is 5.82 Å². The monoisotopic (exact) mass is 262 g/mol. The van der Waals surface area contributed by atoms with Crippen LogP contribution in [0.1, 0.15) is 31.4 Å². The summed E-state index contributed by atoms with van der Waals surface area (Å²) in [6, 6.07) is 2.90. The SMILES string of the molecule is CCNC(Cc1nccn1CC)c1ncccc1F. The number of nitrogens with one attached hydrogen (secondary N) is 1. The Morgan fingerprint density at radius 3 is 2.84 bits per heavy atom. The molecule has 0 saturated heterocycles. The van der Waals surface area contributed by atoms with E-state index in [4.69, 9.17) is 0 Å². The maximum atomic E-state index is 13.8. The molecule has 1 unspecified atom stereocenters. The van der Waals surface area contributed by atoms with Crippen molar-refractivity contribution in [2.75, 3.05) is 6.54 Å². The summed E-state index contributed by atoms with van der Waals surface area (Å²) >= 11 is 0. The van der Waals surface area contributed by atoms with E-state index in [2.05, 4.69) is 26.8 Å². The van der Waals surface area contributed by atoms with E-state index < -0.39 is 0 Å². The summed E-state index contributed by atoms with van der Waals surface area (Å²) in [5.74, 6) is 0.668. The van der Waals surface area contributed by atoms with Crippen LogP contribution in [-0.4, -0.2) is 21.1 Å². The molecule has 0 spiro atoms. The van der Waals surface area contributed by atoms with E-state index >= 15 is 0 Å². The molecule has 5 heteroatoms. The highest BCUT2D eigenvalue weighted by atomic mass is 19.1. The van der Waals surface area contributed by atoms with Crippen LogP contribution in [-0.2, 0) is 13.0 Å². The normalized spacial score (nSPS) is 12.6. The summed E-state index contributed by atoms with van der Waals surface area (Å²) in [5, 5.41) is 3.27. The van der Waals surface area contributed by atoms with E-state index in [-0.39, 0.29) is 11.9 Å². The first-order valence-corrected chi connectivity index (χ1v) is 6.60. The zero-order chi connectivity index (χ0) is 13.7. The van der Waals surface area contributed by atoms with Crippen molar-refractivity contribution >= 4 is 0 Å². The molecule has 0 aromatic carbocycles. The number of nitrogens with zero attached hydrogens (tertiary/aromatic N) is 3. The lowest BCUT2D eigenvalue weighted by atomic mass is 10.1. The third-order valence-electron chi connectivity index (χ3n) is 3.10. The third kappa shape index (κ3) is 3.17. The number of rotatable bonds is 6. The van der Waals surface area contributed by atoms with E-state index in [9.17, 15) is 4.39 Å². The van der Waals surface area contributed by atoms with Gasteiger partial charge in [-0.05, 0) is 25.6 Å². The Kier molecular flexibility index (Phi) is 4.63. The van der Waals surface area contributed by atoms with Crippen LogP contribution in [0.25, 0.3) is 0 Å². The molecule has 0 amide bonds. The molecule has 2 aromatic rings. The van der Waals surface area contributed by atoms with Gasteiger partial charge in [-0.2, -0.15) is 0 Å². The molecule has 2 heterocycles. The number of likely N-dealkylation sites (N-methyl/N-ethyl adjacent to an activating group) is 1. The van der Waals surface area contributed by atoms with Crippen LogP contribution >= 0.6 is 0 Å². The molecule has 0 saturated carbocycles. The van der Waals surface area contributed by atoms with E-state index in [0.717, 1.165) is 18.9 Å². The Balaban J connectivity index is 2.24. The number of imidazole rings is 1. The van der Waals surface area contributed by atoms with Crippen molar-refractivity contribution in [1.29, 1.82) is 0 Å². The minimum absolute atomic E-state index is 0.154. The maximum Gasteiger partial charge on any atom is 0.146 e. The molecule has 1 N–H and O–H groups in total. The predicted octanol–water partition coefficient (Wildman–Crippen LogP) is 2.33. The van der Waals surface area contributed by atoms with Gasteiger partial charge in [-0.25, -0.2) is 9.37 Å². The van der Waals surface area contributed by atoms with Crippen LogP contribution in [0.15, 0.2) is 30.7 Å². The van der Waals surface area contributed by atoms with Crippen LogP contribution in [0.2, 0.25) is 0 Å². The van der Waals surface area contributed by atoms with Gasteiger partial charge in [0.15, 0.2) is 0 Å². The summed E-state index contributed by atoms with van der Waals surface area (Å²) in [6.07, 6.45) is 5.96. The Bertz CT molecular complexity index is 524. The second-order valence-electron chi connectivity index (χ2n) is 4.31. The molecule has 0 aliphatic heterocycles. The molecule has 2 aromatic heterocycles. The fourth-order valence-corrected chi connectivity index (χ4v) is 2.17. The topological polar surface area (TPSA) is 42.7 Å². The Labute approximate surface area is 112 Å². The smallest absolute Gasteiger partial charge is 0.146 e. The molecule has 0 aliphatic rings. The molecular formula is C14H19FN4. The molecular weight excluding hydrogens is 243 g/mol. The van der Waals surface area contributed by atoms with Crippen molar-refractivity contribution < 1.29 is 4.39 Å². The highest BCUT2D eigenvalue weighted by Crippen LogP contribution is 2.18. The van der Waals surface area contributed by atoms with Crippen molar-refractivity contribution in [1.82, 2.24) is 19.9 Å². The number of halogens is 1. The van der Waals surface area contributed by atoms with Gasteiger partial charge in [0.05, 0.1) is 11.7 Å². The molecule has 2 rings (SSSR count). The van der Waals surface area contributed by atoms with Crippen LogP contribution < -0.4 is 5.32 Å². The van der Waals surface area contributed by atoms with Gasteiger partial charge in [0.25, 0.3) is 0 Å². The molecule has 0 aliphatic carbocycles. The first kappa shape index (κ1) is 13.7. The van der Waals surface area contributed by atoms with Gasteiger partial charge in [0.1, 0.15) is 11.6 Å². The van der Waals surface area contributed by atoms with Crippen molar-refractivity contribution in [3.63, 3.8) is 0 Å². The van der Waals surface area contributed by atoms with Gasteiger partial charge in [-0.15, -0.1) is 0 Å². The quantitative estimate of drug-likeness (QED) is 0.869. The fourth-order valence-electron chi connectivity index (χ4n) is 2.17. The Morgan fingerprint density at radius 1 is 1.32 bits per heavy atom. The van der Waals surface area contributed by atoms with Crippen LogP contribution in [0.5, 0.6) is 0 Å². The Hall–Kier alpha value is -1.75. The molecule has 102 valence electrons. The van der Waals surface area contributed by atoms with Crippen molar-refractivity contribution in [2.45, 2.75) is 32.9 Å². The molecule has 4 nitrogen and oxygen atoms in total. The maximum absolute atomic E-state index is 13.8. The summed E-state index contributed by atoms with van der Waals surface area (Å²) in [5.41, 5.74) is 0.454. The summed E-state index contributed by atoms with van der Waals surface area (Å²) < 4.78 is 15.9. The number of aromatic nitrogens is 3. The minimum Gasteiger partial charge on any atom is -0.335 e. The average Bonchev–Trinajstić information content (AvgIpc) is 2.86. The number of hydrogen-bond donors (Lipinski definition) is 1. The highest BCUT2D eigenvalue weighted by Gasteiger charge is 2.18. The van der Waals surface area contributed by atoms with Gasteiger partial charge < -0.3 is 9.88 Å². The third-order valence-corrected chi connectivity index (χ3v) is 3.10. The standard InChI is InChI=1S/C14H19FN4/c1-3-16-12(14-11(15)6-5-7-18-14)10-13-17-8-9-19(13)4-2/h5-9,12,16H,3-4,10H2,1-2H3. The molecule has 19 heavy (non-hydrogen) atoms. The van der Waals surface area contributed by atoms with Gasteiger partial charge in [-0.3, -0.25) is 4.98 Å². The first-order chi connectivity index (χ1) is 9.26. The predicted molar refractivity (Wildman–Crippen MR) is 72.2 cm³/mol. The van der Waals surface area contributed by atoms with Crippen molar-refractivity contribution in [3.05, 3.63) is 48.1 Å². The van der Waals surface area contributed by atoms with Crippen LogP contribution in [0.4, 0.5) is 4.39 Å². The van der Waals surface area contributed by atoms with Gasteiger partial charge in [0.2, 0.25) is 0 Å². The lowest BCUT2D eigenvalue weighted by molar-refractivity contribution is 0.478. The minimum atomic E-state index is -0.275. The summed E-state index contributed by atoms with van der Waals surface area (Å²) in [4.78, 5) is 8.50. The second kappa shape index (κ2) is 6.43. The molecule has 0 radical (unpaired) electrons. The lowest BCUT2D eigenvalue weighted by Gasteiger charge is -2.18. The summed E-state index contributed by atoms with van der Waals surface area (Å²) in [6.45, 7) is 5.68. The Morgan fingerprint density at radius 2 is 2.16 bits per heavy atom. The highest BCUT2D eigenvalue weighted by molar-refractivity contribution is 5.14. The number of hydrogen-bond acceptors (Lipinski definition) is 3. The first-order valence-electron chi connectivity index (χ1n) is 6.60. The van der Waals surface area contributed by atoms with Crippen molar-refractivity contribution in [2.24, 2.45) is 0 Å². The van der Waals surface area contributed by atoms with Crippen LogP contribution in [0.3, 0.4) is 0 Å². The van der Waals surface area contributed by atoms with Gasteiger partial charge >= 0.3 is 0 Å². The second-order valence-corrected chi connectivity index (χ2v) is 4.31. The van der Waals surface area contributed by atoms with E-state index in [0.29, 0.717) is 12.1 Å². The van der Waals surface area contributed by atoms with Crippen molar-refractivity contribution in [3.8, 4) is 0 Å². The average molecular weight is 262 g/mol. The molecule has 0 bridgehead atoms. The summed E-state index contributed by atoms with van der Waals surface area (Å²) in [7, 11) is 0. The van der Waals surface area contributed by atoms with E-state index in [1.165, 1.54) is 6.07 Å². The lowest BCUT2D eigenvalue weighted by Crippen LogP contribution is -2.26. The fraction of sp³-hybridized carbons (Fsp3) is 0.429. The van der Waals surface area contributed by atoms with E-state index in [1.807, 2.05) is 13.1 Å². The van der Waals surface area contributed by atoms with Gasteiger partial charge in [-0.1, -0.05) is 6.92 Å². The molecule has 1 atom stereocenters.